The highest BCUT2D eigenvalue weighted by Crippen LogP contribution is 2.25. The van der Waals surface area contributed by atoms with E-state index in [2.05, 4.69) is 25.2 Å². The minimum Gasteiger partial charge on any atom is -0.497 e. The van der Waals surface area contributed by atoms with Crippen molar-refractivity contribution >= 4 is 0 Å². The average molecular weight is 211 g/mol. The Kier molecular flexibility index (Phi) is 3.32. The fourth-order valence-electron chi connectivity index (χ4n) is 2.15. The third-order valence-corrected chi connectivity index (χ3v) is 3.64. The third kappa shape index (κ3) is 2.52. The highest BCUT2D eigenvalue weighted by molar-refractivity contribution is 4.94. The lowest BCUT2D eigenvalue weighted by molar-refractivity contribution is 0.0728. The molecule has 2 aliphatic rings. The van der Waals surface area contributed by atoms with E-state index in [0.29, 0.717) is 12.2 Å². The second kappa shape index (κ2) is 4.54. The molecule has 0 bridgehead atoms. The molecule has 0 saturated carbocycles. The summed E-state index contributed by atoms with van der Waals surface area (Å²) < 4.78 is 11.1. The molecule has 3 heteroatoms. The van der Waals surface area contributed by atoms with Crippen LogP contribution in [0.2, 0.25) is 0 Å². The van der Waals surface area contributed by atoms with Gasteiger partial charge in [-0.1, -0.05) is 0 Å². The maximum Gasteiger partial charge on any atom is 0.110 e. The Morgan fingerprint density at radius 3 is 3.00 bits per heavy atom. The van der Waals surface area contributed by atoms with Gasteiger partial charge < -0.3 is 14.8 Å². The summed E-state index contributed by atoms with van der Waals surface area (Å²) in [5, 5.41) is 3.59. The van der Waals surface area contributed by atoms with Crippen molar-refractivity contribution in [2.45, 2.75) is 50.9 Å². The van der Waals surface area contributed by atoms with E-state index in [-0.39, 0.29) is 5.54 Å². The first kappa shape index (κ1) is 11.0. The molecular weight excluding hydrogens is 190 g/mol. The molecule has 1 fully saturated rings. The molecule has 15 heavy (non-hydrogen) atoms. The first-order chi connectivity index (χ1) is 7.21. The van der Waals surface area contributed by atoms with Gasteiger partial charge in [0, 0.05) is 18.7 Å². The fourth-order valence-corrected chi connectivity index (χ4v) is 2.15. The van der Waals surface area contributed by atoms with Crippen molar-refractivity contribution < 1.29 is 9.47 Å². The standard InChI is InChI=1S/C12H21NO2/c1-10-12(2,6-8-14-10)13-9-11-5-3-4-7-15-11/h4,7,10-11,13H,3,5-6,8-9H2,1-2H3. The summed E-state index contributed by atoms with van der Waals surface area (Å²) in [5.41, 5.74) is 0.129. The first-order valence-corrected chi connectivity index (χ1v) is 5.88. The maximum absolute atomic E-state index is 5.59. The Hall–Kier alpha value is -0.540. The number of rotatable bonds is 3. The fraction of sp³-hybridized carbons (Fsp3) is 0.833. The van der Waals surface area contributed by atoms with Gasteiger partial charge in [-0.05, 0) is 39.2 Å². The number of nitrogens with one attached hydrogen (secondary N) is 1. The highest BCUT2D eigenvalue weighted by Gasteiger charge is 2.36. The highest BCUT2D eigenvalue weighted by atomic mass is 16.5. The summed E-state index contributed by atoms with van der Waals surface area (Å²) in [6.07, 6.45) is 7.89. The average Bonchev–Trinajstić information content (AvgIpc) is 2.59. The first-order valence-electron chi connectivity index (χ1n) is 5.88. The van der Waals surface area contributed by atoms with E-state index < -0.39 is 0 Å². The molecule has 0 aromatic rings. The van der Waals surface area contributed by atoms with Gasteiger partial charge in [-0.3, -0.25) is 0 Å². The zero-order valence-electron chi connectivity index (χ0n) is 9.66. The molecule has 0 aromatic carbocycles. The topological polar surface area (TPSA) is 30.5 Å². The minimum atomic E-state index is 0.129. The van der Waals surface area contributed by atoms with E-state index in [1.54, 1.807) is 0 Å². The van der Waals surface area contributed by atoms with Crippen LogP contribution < -0.4 is 5.32 Å². The van der Waals surface area contributed by atoms with Gasteiger partial charge in [0.05, 0.1) is 12.4 Å². The lowest BCUT2D eigenvalue weighted by Crippen LogP contribution is -2.50. The van der Waals surface area contributed by atoms with Gasteiger partial charge in [0.1, 0.15) is 6.10 Å². The summed E-state index contributed by atoms with van der Waals surface area (Å²) in [6.45, 7) is 6.18. The molecule has 2 rings (SSSR count). The van der Waals surface area contributed by atoms with Crippen LogP contribution >= 0.6 is 0 Å². The van der Waals surface area contributed by atoms with E-state index in [1.807, 2.05) is 6.26 Å². The summed E-state index contributed by atoms with van der Waals surface area (Å²) in [4.78, 5) is 0. The van der Waals surface area contributed by atoms with Gasteiger partial charge in [0.2, 0.25) is 0 Å². The van der Waals surface area contributed by atoms with E-state index in [1.165, 1.54) is 0 Å². The van der Waals surface area contributed by atoms with Gasteiger partial charge >= 0.3 is 0 Å². The summed E-state index contributed by atoms with van der Waals surface area (Å²) >= 11 is 0. The Balaban J connectivity index is 1.79. The smallest absolute Gasteiger partial charge is 0.110 e. The maximum atomic E-state index is 5.59. The van der Waals surface area contributed by atoms with Crippen molar-refractivity contribution in [3.8, 4) is 0 Å². The monoisotopic (exact) mass is 211 g/mol. The molecule has 3 unspecified atom stereocenters. The minimum absolute atomic E-state index is 0.129. The van der Waals surface area contributed by atoms with E-state index in [4.69, 9.17) is 9.47 Å². The molecular formula is C12H21NO2. The van der Waals surface area contributed by atoms with Gasteiger partial charge in [0.15, 0.2) is 0 Å². The van der Waals surface area contributed by atoms with Crippen molar-refractivity contribution in [1.29, 1.82) is 0 Å². The lowest BCUT2D eigenvalue weighted by Gasteiger charge is -2.31. The zero-order chi connectivity index (χ0) is 10.7. The summed E-state index contributed by atoms with van der Waals surface area (Å²) in [7, 11) is 0. The largest absolute Gasteiger partial charge is 0.497 e. The van der Waals surface area contributed by atoms with Crippen LogP contribution in [0, 0.1) is 0 Å². The number of hydrogen-bond acceptors (Lipinski definition) is 3. The van der Waals surface area contributed by atoms with Crippen LogP contribution in [0.3, 0.4) is 0 Å². The Labute approximate surface area is 91.8 Å². The quantitative estimate of drug-likeness (QED) is 0.772. The number of allylic oxidation sites excluding steroid dienone is 1. The van der Waals surface area contributed by atoms with Crippen LogP contribution in [0.1, 0.15) is 33.1 Å². The molecule has 0 aromatic heterocycles. The van der Waals surface area contributed by atoms with Crippen LogP contribution in [0.5, 0.6) is 0 Å². The van der Waals surface area contributed by atoms with Crippen molar-refractivity contribution in [3.63, 3.8) is 0 Å². The Morgan fingerprint density at radius 2 is 2.40 bits per heavy atom. The van der Waals surface area contributed by atoms with Crippen LogP contribution in [0.4, 0.5) is 0 Å². The molecule has 0 spiro atoms. The Bertz CT molecular complexity index is 242. The van der Waals surface area contributed by atoms with Crippen molar-refractivity contribution in [3.05, 3.63) is 12.3 Å². The van der Waals surface area contributed by atoms with Gasteiger partial charge in [-0.2, -0.15) is 0 Å². The molecule has 2 aliphatic heterocycles. The molecule has 0 aliphatic carbocycles. The molecule has 2 heterocycles. The van der Waals surface area contributed by atoms with Crippen LogP contribution in [0.15, 0.2) is 12.3 Å². The summed E-state index contributed by atoms with van der Waals surface area (Å²) in [5.74, 6) is 0. The molecule has 0 amide bonds. The predicted molar refractivity (Wildman–Crippen MR) is 59.7 cm³/mol. The normalized spacial score (nSPS) is 40.4. The second-order valence-electron chi connectivity index (χ2n) is 4.77. The second-order valence-corrected chi connectivity index (χ2v) is 4.77. The molecule has 1 saturated heterocycles. The molecule has 86 valence electrons. The van der Waals surface area contributed by atoms with Crippen LogP contribution in [-0.2, 0) is 9.47 Å². The SMILES string of the molecule is CC1OCCC1(C)NCC1CCC=CO1. The molecule has 0 radical (unpaired) electrons. The van der Waals surface area contributed by atoms with Crippen molar-refractivity contribution in [1.82, 2.24) is 5.32 Å². The van der Waals surface area contributed by atoms with Crippen molar-refractivity contribution in [2.24, 2.45) is 0 Å². The van der Waals surface area contributed by atoms with Crippen molar-refractivity contribution in [2.75, 3.05) is 13.2 Å². The van der Waals surface area contributed by atoms with E-state index >= 15 is 0 Å². The molecule has 1 N–H and O–H groups in total. The lowest BCUT2D eigenvalue weighted by atomic mass is 9.94. The third-order valence-electron chi connectivity index (χ3n) is 3.64. The predicted octanol–water partition coefficient (Wildman–Crippen LogP) is 1.84. The Morgan fingerprint density at radius 1 is 1.53 bits per heavy atom. The molecule has 3 nitrogen and oxygen atoms in total. The zero-order valence-corrected chi connectivity index (χ0v) is 9.66. The van der Waals surface area contributed by atoms with Crippen LogP contribution in [0.25, 0.3) is 0 Å². The van der Waals surface area contributed by atoms with Crippen LogP contribution in [-0.4, -0.2) is 30.9 Å². The van der Waals surface area contributed by atoms with E-state index in [9.17, 15) is 0 Å². The van der Waals surface area contributed by atoms with Gasteiger partial charge in [-0.15, -0.1) is 0 Å². The van der Waals surface area contributed by atoms with Gasteiger partial charge in [-0.25, -0.2) is 0 Å². The molecule has 3 atom stereocenters. The summed E-state index contributed by atoms with van der Waals surface area (Å²) in [6, 6.07) is 0. The number of hydrogen-bond donors (Lipinski definition) is 1. The van der Waals surface area contributed by atoms with E-state index in [0.717, 1.165) is 32.4 Å². The van der Waals surface area contributed by atoms with Gasteiger partial charge in [0.25, 0.3) is 0 Å². The number of ether oxygens (including phenoxy) is 2.